The van der Waals surface area contributed by atoms with Gasteiger partial charge in [-0.1, -0.05) is 0 Å². The Labute approximate surface area is 354 Å². The van der Waals surface area contributed by atoms with Gasteiger partial charge in [-0.3, -0.25) is 0 Å². The molecule has 1 saturated carbocycles. The van der Waals surface area contributed by atoms with E-state index in [2.05, 4.69) is 0 Å². The first-order chi connectivity index (χ1) is 9.06. The zero-order valence-corrected chi connectivity index (χ0v) is 30.2. The molecule has 0 amide bonds. The quantitative estimate of drug-likeness (QED) is 0.268. The molecule has 25 heavy (non-hydrogen) atoms. The number of carboxylic acids is 5. The summed E-state index contributed by atoms with van der Waals surface area (Å²) in [5, 5.41) is 55.1. The molecule has 0 bridgehead atoms. The van der Waals surface area contributed by atoms with Crippen molar-refractivity contribution in [1.82, 2.24) is 0 Å². The predicted molar refractivity (Wildman–Crippen MR) is 42.6 cm³/mol. The molecule has 0 heterocycles. The molecule has 110 valence electrons. The minimum absolute atomic E-state index is 0. The van der Waals surface area contributed by atoms with Crippen LogP contribution < -0.4 is 282 Å². The summed E-state index contributed by atoms with van der Waals surface area (Å²) < 4.78 is 0. The topological polar surface area (TPSA) is 201 Å². The summed E-state index contributed by atoms with van der Waals surface area (Å²) in [7, 11) is 0. The molecule has 0 N–H and O–H groups in total. The molecule has 0 aromatic heterocycles. The van der Waals surface area contributed by atoms with E-state index < -0.39 is 59.4 Å². The Bertz CT molecular complexity index is 508. The molecule has 0 saturated heterocycles. The van der Waals surface area contributed by atoms with Crippen molar-refractivity contribution >= 4 is 29.8 Å². The first-order valence-electron chi connectivity index (χ1n) is 5.13. The van der Waals surface area contributed by atoms with E-state index in [0.29, 0.717) is 0 Å². The van der Waals surface area contributed by atoms with Gasteiger partial charge in [0.25, 0.3) is 0 Å². The van der Waals surface area contributed by atoms with Crippen molar-refractivity contribution in [2.45, 2.75) is 12.8 Å². The Kier molecular flexibility index (Phi) is 27.9. The van der Waals surface area contributed by atoms with Crippen molar-refractivity contribution in [2.75, 3.05) is 0 Å². The summed E-state index contributed by atoms with van der Waals surface area (Å²) >= 11 is 0. The van der Waals surface area contributed by atoms with Crippen LogP contribution in [-0.4, -0.2) is 29.8 Å². The van der Waals surface area contributed by atoms with Crippen LogP contribution >= 0.6 is 0 Å². The van der Waals surface area contributed by atoms with Gasteiger partial charge in [0.1, 0.15) is 0 Å². The second-order valence-electron chi connectivity index (χ2n) is 4.27. The molecule has 0 aliphatic heterocycles. The Morgan fingerprint density at radius 1 is 0.640 bits per heavy atom. The molecule has 1 aliphatic carbocycles. The van der Waals surface area contributed by atoms with E-state index >= 15 is 0 Å². The van der Waals surface area contributed by atoms with Crippen molar-refractivity contribution in [3.8, 4) is 0 Å². The van der Waals surface area contributed by atoms with E-state index in [1.807, 2.05) is 0 Å². The molecule has 0 aromatic carbocycles. The number of carboxylic acid groups (broad SMARTS) is 5. The molecular formula is C10H5K5O10. The van der Waals surface area contributed by atoms with E-state index in [-0.39, 0.29) is 257 Å². The van der Waals surface area contributed by atoms with Gasteiger partial charge < -0.3 is 49.5 Å². The monoisotopic (exact) mass is 480 g/mol. The maximum atomic E-state index is 11.1. The average Bonchev–Trinajstić information content (AvgIpc) is 2.65. The van der Waals surface area contributed by atoms with E-state index in [0.717, 1.165) is 0 Å². The maximum Gasteiger partial charge on any atom is 1.00 e. The van der Waals surface area contributed by atoms with Crippen LogP contribution in [0.2, 0.25) is 0 Å². The summed E-state index contributed by atoms with van der Waals surface area (Å²) in [6, 6.07) is 0. The third-order valence-electron chi connectivity index (χ3n) is 3.63. The first kappa shape index (κ1) is 40.8. The van der Waals surface area contributed by atoms with Crippen molar-refractivity contribution in [1.29, 1.82) is 0 Å². The normalized spacial score (nSPS) is 18.3. The molecule has 1 unspecified atom stereocenters. The Balaban J connectivity index is -0.000000267. The van der Waals surface area contributed by atoms with Crippen molar-refractivity contribution < 1.29 is 306 Å². The maximum absolute atomic E-state index is 11.1. The van der Waals surface area contributed by atoms with Crippen molar-refractivity contribution in [2.24, 2.45) is 16.7 Å². The van der Waals surface area contributed by atoms with Crippen LogP contribution in [0, 0.1) is 16.7 Å². The fourth-order valence-corrected chi connectivity index (χ4v) is 2.69. The molecule has 1 atom stereocenters. The minimum atomic E-state index is -3.89. The van der Waals surface area contributed by atoms with Crippen LogP contribution in [-0.2, 0) is 24.0 Å². The molecule has 0 aromatic rings. The van der Waals surface area contributed by atoms with Gasteiger partial charge in [-0.05, 0) is 12.8 Å². The Morgan fingerprint density at radius 2 is 0.960 bits per heavy atom. The van der Waals surface area contributed by atoms with E-state index in [1.165, 1.54) is 0 Å². The van der Waals surface area contributed by atoms with Crippen LogP contribution in [0.25, 0.3) is 0 Å². The van der Waals surface area contributed by atoms with Gasteiger partial charge in [0, 0.05) is 11.9 Å². The third kappa shape index (κ3) is 7.53. The fraction of sp³-hybridized carbons (Fsp3) is 0.500. The van der Waals surface area contributed by atoms with Crippen LogP contribution in [0.4, 0.5) is 0 Å². The standard InChI is InChI=1S/C10H10O10.5K/c11-4(12)3-1-2-9(5(13)14,6(15)16)10(3,7(17)18)8(19)20;;;;;/h3H,1-2H2,(H,11,12)(H,13,14)(H,15,16)(H,17,18)(H,19,20);;;;;/q;5*+1/p-5. The predicted octanol–water partition coefficient (Wildman–Crippen LogP) is -22.9. The number of hydrogen-bond acceptors (Lipinski definition) is 10. The zero-order chi connectivity index (χ0) is 15.9. The van der Waals surface area contributed by atoms with Crippen LogP contribution in [0.5, 0.6) is 0 Å². The molecular weight excluding hydrogens is 476 g/mol. The van der Waals surface area contributed by atoms with Gasteiger partial charge >= 0.3 is 257 Å². The smallest absolute Gasteiger partial charge is 0.550 e. The number of rotatable bonds is 5. The molecule has 0 spiro atoms. The van der Waals surface area contributed by atoms with Gasteiger partial charge in [-0.25, -0.2) is 0 Å². The molecule has 1 aliphatic rings. The van der Waals surface area contributed by atoms with Crippen molar-refractivity contribution in [3.05, 3.63) is 0 Å². The second kappa shape index (κ2) is 17.1. The van der Waals surface area contributed by atoms with Gasteiger partial charge in [-0.15, -0.1) is 0 Å². The van der Waals surface area contributed by atoms with Crippen LogP contribution in [0.3, 0.4) is 0 Å². The average molecular weight is 481 g/mol. The summed E-state index contributed by atoms with van der Waals surface area (Å²) in [4.78, 5) is 55.1. The third-order valence-corrected chi connectivity index (χ3v) is 3.63. The van der Waals surface area contributed by atoms with Gasteiger partial charge in [0.2, 0.25) is 0 Å². The molecule has 15 heteroatoms. The number of carbonyl (C=O) groups excluding carboxylic acids is 5. The number of carbonyl (C=O) groups is 5. The number of aliphatic carboxylic acids is 5. The van der Waals surface area contributed by atoms with Gasteiger partial charge in [0.05, 0.1) is 34.7 Å². The fourth-order valence-electron chi connectivity index (χ4n) is 2.69. The molecule has 0 radical (unpaired) electrons. The molecule has 10 nitrogen and oxygen atoms in total. The SMILES string of the molecule is O=C([O-])C1CCC(C(=O)[O-])(C(=O)[O-])C1(C(=O)[O-])C(=O)[O-].[K+].[K+].[K+].[K+].[K+]. The zero-order valence-electron chi connectivity index (χ0n) is 14.6. The minimum Gasteiger partial charge on any atom is -0.550 e. The van der Waals surface area contributed by atoms with E-state index in [4.69, 9.17) is 0 Å². The van der Waals surface area contributed by atoms with Crippen LogP contribution in [0.15, 0.2) is 0 Å². The van der Waals surface area contributed by atoms with Gasteiger partial charge in [0.15, 0.2) is 0 Å². The summed E-state index contributed by atoms with van der Waals surface area (Å²) in [5.74, 6) is -15.4. The van der Waals surface area contributed by atoms with Gasteiger partial charge in [-0.2, -0.15) is 0 Å². The first-order valence-corrected chi connectivity index (χ1v) is 5.13. The summed E-state index contributed by atoms with van der Waals surface area (Å²) in [6.45, 7) is 0. The van der Waals surface area contributed by atoms with E-state index in [9.17, 15) is 49.5 Å². The molecule has 1 rings (SSSR count). The molecule has 1 fully saturated rings. The Morgan fingerprint density at radius 3 is 1.16 bits per heavy atom. The van der Waals surface area contributed by atoms with E-state index in [1.54, 1.807) is 0 Å². The largest absolute Gasteiger partial charge is 1.00 e. The van der Waals surface area contributed by atoms with Crippen LogP contribution in [0.1, 0.15) is 12.8 Å². The Hall–Kier alpha value is 5.53. The number of hydrogen-bond donors (Lipinski definition) is 0. The van der Waals surface area contributed by atoms with Crippen molar-refractivity contribution in [3.63, 3.8) is 0 Å². The second-order valence-corrected chi connectivity index (χ2v) is 4.27. The summed E-state index contributed by atoms with van der Waals surface area (Å²) in [6.07, 6.45) is -2.06. The summed E-state index contributed by atoms with van der Waals surface area (Å²) in [5.41, 5.74) is -7.51.